The van der Waals surface area contributed by atoms with E-state index in [4.69, 9.17) is 0 Å². The first-order chi connectivity index (χ1) is 11.6. The summed E-state index contributed by atoms with van der Waals surface area (Å²) in [4.78, 5) is 28.6. The number of nitrogens with one attached hydrogen (secondary N) is 3. The van der Waals surface area contributed by atoms with Gasteiger partial charge in [-0.05, 0) is 23.8 Å². The Labute approximate surface area is 140 Å². The molecule has 7 heteroatoms. The van der Waals surface area contributed by atoms with E-state index in [2.05, 4.69) is 15.3 Å². The summed E-state index contributed by atoms with van der Waals surface area (Å²) < 4.78 is 12.0. The van der Waals surface area contributed by atoms with Crippen LogP contribution in [0.25, 0.3) is 11.0 Å². The first-order valence-corrected chi connectivity index (χ1v) is 9.00. The smallest absolute Gasteiger partial charge is 0.323 e. The molecule has 0 bridgehead atoms. The molecule has 3 rings (SSSR count). The van der Waals surface area contributed by atoms with E-state index >= 15 is 0 Å². The number of imidazole rings is 1. The number of rotatable bonds is 6. The highest BCUT2D eigenvalue weighted by molar-refractivity contribution is 7.84. The highest BCUT2D eigenvalue weighted by atomic mass is 32.2. The zero-order valence-electron chi connectivity index (χ0n) is 12.9. The average molecular weight is 343 g/mol. The van der Waals surface area contributed by atoms with Gasteiger partial charge in [0, 0.05) is 34.4 Å². The lowest BCUT2D eigenvalue weighted by Gasteiger charge is -2.06. The Bertz CT molecular complexity index is 931. The van der Waals surface area contributed by atoms with Gasteiger partial charge in [-0.25, -0.2) is 4.79 Å². The summed E-state index contributed by atoms with van der Waals surface area (Å²) in [7, 11) is -1.03. The zero-order valence-corrected chi connectivity index (χ0v) is 13.7. The van der Waals surface area contributed by atoms with Crippen LogP contribution in [-0.4, -0.2) is 32.4 Å². The average Bonchev–Trinajstić information content (AvgIpc) is 2.94. The van der Waals surface area contributed by atoms with Crippen LogP contribution in [0.3, 0.4) is 0 Å². The van der Waals surface area contributed by atoms with Gasteiger partial charge in [0.05, 0.1) is 11.0 Å². The number of aromatic amines is 2. The molecule has 1 heterocycles. The number of hydrogen-bond donors (Lipinski definition) is 3. The zero-order chi connectivity index (χ0) is 16.9. The highest BCUT2D eigenvalue weighted by Crippen LogP contribution is 2.10. The summed E-state index contributed by atoms with van der Waals surface area (Å²) in [6, 6.07) is 14.5. The van der Waals surface area contributed by atoms with Crippen LogP contribution in [0.4, 0.5) is 0 Å². The van der Waals surface area contributed by atoms with Crippen molar-refractivity contribution in [1.82, 2.24) is 15.3 Å². The van der Waals surface area contributed by atoms with Crippen LogP contribution >= 0.6 is 0 Å². The molecule has 124 valence electrons. The van der Waals surface area contributed by atoms with E-state index in [-0.39, 0.29) is 11.6 Å². The summed E-state index contributed by atoms with van der Waals surface area (Å²) in [6.07, 6.45) is 0. The van der Waals surface area contributed by atoms with Gasteiger partial charge in [-0.2, -0.15) is 0 Å². The Hall–Kier alpha value is -2.67. The third-order valence-electron chi connectivity index (χ3n) is 3.56. The number of carbonyl (C=O) groups excluding carboxylic acids is 1. The van der Waals surface area contributed by atoms with Crippen LogP contribution < -0.4 is 11.0 Å². The number of aromatic nitrogens is 2. The van der Waals surface area contributed by atoms with Crippen LogP contribution in [0.2, 0.25) is 0 Å². The van der Waals surface area contributed by atoms with Crippen molar-refractivity contribution in [1.29, 1.82) is 0 Å². The summed E-state index contributed by atoms with van der Waals surface area (Å²) in [6.45, 7) is 0.333. The predicted molar refractivity (Wildman–Crippen MR) is 94.4 cm³/mol. The topological polar surface area (TPSA) is 94.8 Å². The second kappa shape index (κ2) is 7.27. The first-order valence-electron chi connectivity index (χ1n) is 7.51. The fourth-order valence-electron chi connectivity index (χ4n) is 2.39. The second-order valence-corrected chi connectivity index (χ2v) is 6.95. The number of benzene rings is 2. The molecular formula is C17H17N3O3S. The minimum atomic E-state index is -1.03. The molecule has 0 spiro atoms. The Balaban J connectivity index is 1.53. The van der Waals surface area contributed by atoms with E-state index in [1.807, 2.05) is 30.3 Å². The van der Waals surface area contributed by atoms with Crippen molar-refractivity contribution in [2.75, 3.05) is 12.3 Å². The standard InChI is InChI=1S/C17H17N3O3S/c21-16(13-6-7-14-15(10-13)20-17(22)19-14)18-8-9-24(23)11-12-4-2-1-3-5-12/h1-7,10H,8-9,11H2,(H,18,21)(H2,19,20,22). The lowest BCUT2D eigenvalue weighted by atomic mass is 10.2. The number of H-pyrrole nitrogens is 2. The molecule has 2 aromatic carbocycles. The lowest BCUT2D eigenvalue weighted by molar-refractivity contribution is 0.0956. The monoisotopic (exact) mass is 343 g/mol. The van der Waals surface area contributed by atoms with Crippen LogP contribution in [-0.2, 0) is 16.6 Å². The Kier molecular flexibility index (Phi) is 4.90. The van der Waals surface area contributed by atoms with E-state index in [1.54, 1.807) is 18.2 Å². The van der Waals surface area contributed by atoms with Crippen molar-refractivity contribution in [3.63, 3.8) is 0 Å². The van der Waals surface area contributed by atoms with E-state index in [9.17, 15) is 13.8 Å². The Morgan fingerprint density at radius 2 is 1.79 bits per heavy atom. The maximum Gasteiger partial charge on any atom is 0.323 e. The van der Waals surface area contributed by atoms with Crippen molar-refractivity contribution in [3.05, 3.63) is 70.1 Å². The maximum absolute atomic E-state index is 12.1. The van der Waals surface area contributed by atoms with Gasteiger partial charge in [0.15, 0.2) is 0 Å². The van der Waals surface area contributed by atoms with Crippen LogP contribution in [0.5, 0.6) is 0 Å². The molecule has 1 atom stereocenters. The molecular weight excluding hydrogens is 326 g/mol. The van der Waals surface area contributed by atoms with Gasteiger partial charge in [-0.3, -0.25) is 9.00 Å². The summed E-state index contributed by atoms with van der Waals surface area (Å²) in [5, 5.41) is 2.75. The molecule has 0 aliphatic rings. The largest absolute Gasteiger partial charge is 0.351 e. The van der Waals surface area contributed by atoms with Crippen molar-refractivity contribution in [3.8, 4) is 0 Å². The molecule has 3 aromatic rings. The van der Waals surface area contributed by atoms with E-state index in [0.717, 1.165) is 5.56 Å². The Morgan fingerprint density at radius 3 is 2.58 bits per heavy atom. The summed E-state index contributed by atoms with van der Waals surface area (Å²) >= 11 is 0. The predicted octanol–water partition coefficient (Wildman–Crippen LogP) is 1.53. The number of carbonyl (C=O) groups is 1. The third kappa shape index (κ3) is 3.99. The maximum atomic E-state index is 12.1. The molecule has 0 aliphatic heterocycles. The van der Waals surface area contributed by atoms with Gasteiger partial charge in [0.25, 0.3) is 5.91 Å². The summed E-state index contributed by atoms with van der Waals surface area (Å²) in [5.74, 6) is 0.618. The van der Waals surface area contributed by atoms with Gasteiger partial charge in [-0.1, -0.05) is 30.3 Å². The first kappa shape index (κ1) is 16.2. The van der Waals surface area contributed by atoms with Crippen molar-refractivity contribution >= 4 is 27.7 Å². The quantitative estimate of drug-likeness (QED) is 0.633. The normalized spacial score (nSPS) is 12.2. The van der Waals surface area contributed by atoms with Gasteiger partial charge in [-0.15, -0.1) is 0 Å². The van der Waals surface area contributed by atoms with Crippen LogP contribution in [0.1, 0.15) is 15.9 Å². The molecule has 1 unspecified atom stereocenters. The number of fused-ring (bicyclic) bond motifs is 1. The fraction of sp³-hybridized carbons (Fsp3) is 0.176. The molecule has 1 amide bonds. The molecule has 3 N–H and O–H groups in total. The van der Waals surface area contributed by atoms with E-state index in [1.165, 1.54) is 0 Å². The molecule has 1 aromatic heterocycles. The van der Waals surface area contributed by atoms with E-state index < -0.39 is 10.8 Å². The minimum absolute atomic E-state index is 0.254. The van der Waals surface area contributed by atoms with Gasteiger partial charge in [0.1, 0.15) is 0 Å². The van der Waals surface area contributed by atoms with Gasteiger partial charge in [0.2, 0.25) is 0 Å². The third-order valence-corrected chi connectivity index (χ3v) is 4.88. The molecule has 0 fully saturated rings. The van der Waals surface area contributed by atoms with Crippen molar-refractivity contribution in [2.24, 2.45) is 0 Å². The second-order valence-electron chi connectivity index (χ2n) is 5.37. The fourth-order valence-corrected chi connectivity index (χ4v) is 3.42. The van der Waals surface area contributed by atoms with E-state index in [0.29, 0.717) is 34.6 Å². The highest BCUT2D eigenvalue weighted by Gasteiger charge is 2.08. The minimum Gasteiger partial charge on any atom is -0.351 e. The molecule has 0 aliphatic carbocycles. The van der Waals surface area contributed by atoms with Gasteiger partial charge >= 0.3 is 5.69 Å². The SMILES string of the molecule is O=C(NCCS(=O)Cc1ccccc1)c1ccc2[nH]c(=O)[nH]c2c1. The van der Waals surface area contributed by atoms with Crippen molar-refractivity contribution in [2.45, 2.75) is 5.75 Å². The van der Waals surface area contributed by atoms with Crippen LogP contribution in [0, 0.1) is 0 Å². The molecule has 6 nitrogen and oxygen atoms in total. The molecule has 0 radical (unpaired) electrons. The molecule has 24 heavy (non-hydrogen) atoms. The summed E-state index contributed by atoms with van der Waals surface area (Å²) in [5.41, 5.74) is 2.40. The van der Waals surface area contributed by atoms with Crippen molar-refractivity contribution < 1.29 is 9.00 Å². The molecule has 0 saturated carbocycles. The molecule has 0 saturated heterocycles. The van der Waals surface area contributed by atoms with Gasteiger partial charge < -0.3 is 15.3 Å². The van der Waals surface area contributed by atoms with Crippen LogP contribution in [0.15, 0.2) is 53.3 Å². The number of hydrogen-bond acceptors (Lipinski definition) is 3. The number of amides is 1. The Morgan fingerprint density at radius 1 is 1.04 bits per heavy atom. The lowest BCUT2D eigenvalue weighted by Crippen LogP contribution is -2.27.